The fourth-order valence-corrected chi connectivity index (χ4v) is 2.57. The summed E-state index contributed by atoms with van der Waals surface area (Å²) < 4.78 is 5.23. The Bertz CT molecular complexity index is 746. The van der Waals surface area contributed by atoms with E-state index in [1.165, 1.54) is 11.1 Å². The number of rotatable bonds is 3. The molecule has 4 heteroatoms. The molecule has 0 fully saturated rings. The predicted molar refractivity (Wildman–Crippen MR) is 98.8 cm³/mol. The number of nitrogens with one attached hydrogen (secondary N) is 1. The van der Waals surface area contributed by atoms with E-state index in [-0.39, 0.29) is 0 Å². The third-order valence-corrected chi connectivity index (χ3v) is 3.62. The average Bonchev–Trinajstić information content (AvgIpc) is 2.44. The summed E-state index contributed by atoms with van der Waals surface area (Å²) in [6.45, 7) is 10.0. The van der Waals surface area contributed by atoms with Gasteiger partial charge in [0.2, 0.25) is 0 Å². The van der Waals surface area contributed by atoms with E-state index in [1.54, 1.807) is 0 Å². The lowest BCUT2D eigenvalue weighted by Gasteiger charge is -2.19. The fourth-order valence-electron chi connectivity index (χ4n) is 2.57. The Morgan fingerprint density at radius 2 is 1.75 bits per heavy atom. The number of hydrogen-bond donors (Lipinski definition) is 2. The highest BCUT2D eigenvalue weighted by Gasteiger charge is 2.15. The number of nitrogens with two attached hydrogens (primary N) is 1. The zero-order valence-corrected chi connectivity index (χ0v) is 15.1. The molecule has 0 spiro atoms. The highest BCUT2D eigenvalue weighted by molar-refractivity contribution is 5.79. The molecule has 2 aromatic carbocycles. The SMILES string of the molecule is Cc1ccc(-c2ccc(CNC(=O)OC(C)(C)C)cc2N)c(C)c1. The largest absolute Gasteiger partial charge is 0.444 e. The predicted octanol–water partition coefficient (Wildman–Crippen LogP) is 4.58. The first-order chi connectivity index (χ1) is 11.2. The summed E-state index contributed by atoms with van der Waals surface area (Å²) in [5.74, 6) is 0. The average molecular weight is 326 g/mol. The summed E-state index contributed by atoms with van der Waals surface area (Å²) >= 11 is 0. The van der Waals surface area contributed by atoms with Gasteiger partial charge in [0.25, 0.3) is 0 Å². The smallest absolute Gasteiger partial charge is 0.407 e. The van der Waals surface area contributed by atoms with Gasteiger partial charge in [0.1, 0.15) is 5.60 Å². The maximum Gasteiger partial charge on any atom is 0.407 e. The Labute approximate surface area is 144 Å². The molecule has 0 atom stereocenters. The molecule has 2 rings (SSSR count). The Morgan fingerprint density at radius 1 is 1.08 bits per heavy atom. The molecule has 0 heterocycles. The summed E-state index contributed by atoms with van der Waals surface area (Å²) in [6.07, 6.45) is -0.431. The molecule has 0 bridgehead atoms. The van der Waals surface area contributed by atoms with Crippen molar-refractivity contribution in [1.29, 1.82) is 0 Å². The van der Waals surface area contributed by atoms with Crippen molar-refractivity contribution in [1.82, 2.24) is 5.32 Å². The normalized spacial score (nSPS) is 11.2. The second kappa shape index (κ2) is 6.95. The highest BCUT2D eigenvalue weighted by atomic mass is 16.6. The molecule has 0 unspecified atom stereocenters. The van der Waals surface area contributed by atoms with Crippen LogP contribution in [0.3, 0.4) is 0 Å². The lowest BCUT2D eigenvalue weighted by molar-refractivity contribution is 0.0523. The molecule has 0 saturated heterocycles. The number of amides is 1. The van der Waals surface area contributed by atoms with Gasteiger partial charge in [-0.3, -0.25) is 0 Å². The minimum Gasteiger partial charge on any atom is -0.444 e. The van der Waals surface area contributed by atoms with Crippen molar-refractivity contribution >= 4 is 11.8 Å². The first-order valence-corrected chi connectivity index (χ1v) is 8.08. The molecule has 4 nitrogen and oxygen atoms in total. The van der Waals surface area contributed by atoms with Crippen molar-refractivity contribution in [2.45, 2.75) is 46.8 Å². The molecule has 0 saturated carbocycles. The van der Waals surface area contributed by atoms with Crippen LogP contribution in [0.2, 0.25) is 0 Å². The second-order valence-corrected chi connectivity index (χ2v) is 7.10. The molecular weight excluding hydrogens is 300 g/mol. The third-order valence-electron chi connectivity index (χ3n) is 3.62. The first kappa shape index (κ1) is 17.9. The number of carbonyl (C=O) groups is 1. The lowest BCUT2D eigenvalue weighted by Crippen LogP contribution is -2.32. The standard InChI is InChI=1S/C20H26N2O2/c1-13-6-8-16(14(2)10-13)17-9-7-15(11-18(17)21)12-22-19(23)24-20(3,4)5/h6-11H,12,21H2,1-5H3,(H,22,23). The van der Waals surface area contributed by atoms with Gasteiger partial charge in [0, 0.05) is 17.8 Å². The number of carbonyl (C=O) groups excluding carboxylic acids is 1. The topological polar surface area (TPSA) is 64.3 Å². The van der Waals surface area contributed by atoms with Gasteiger partial charge in [-0.25, -0.2) is 4.79 Å². The highest BCUT2D eigenvalue weighted by Crippen LogP contribution is 2.30. The number of anilines is 1. The molecule has 24 heavy (non-hydrogen) atoms. The van der Waals surface area contributed by atoms with E-state index < -0.39 is 11.7 Å². The van der Waals surface area contributed by atoms with Crippen molar-refractivity contribution in [3.8, 4) is 11.1 Å². The quantitative estimate of drug-likeness (QED) is 0.812. The molecule has 0 aliphatic carbocycles. The third kappa shape index (κ3) is 4.75. The Morgan fingerprint density at radius 3 is 2.33 bits per heavy atom. The van der Waals surface area contributed by atoms with E-state index in [1.807, 2.05) is 39.0 Å². The van der Waals surface area contributed by atoms with E-state index in [2.05, 4.69) is 37.4 Å². The number of hydrogen-bond acceptors (Lipinski definition) is 3. The van der Waals surface area contributed by atoms with Crippen LogP contribution in [0.15, 0.2) is 36.4 Å². The minimum atomic E-state index is -0.504. The van der Waals surface area contributed by atoms with Crippen LogP contribution in [0.4, 0.5) is 10.5 Å². The summed E-state index contributed by atoms with van der Waals surface area (Å²) in [6, 6.07) is 12.2. The van der Waals surface area contributed by atoms with Gasteiger partial charge < -0.3 is 15.8 Å². The summed E-state index contributed by atoms with van der Waals surface area (Å²) in [5.41, 5.74) is 11.9. The molecule has 3 N–H and O–H groups in total. The molecule has 0 aromatic heterocycles. The van der Waals surface area contributed by atoms with Crippen molar-refractivity contribution in [2.24, 2.45) is 0 Å². The van der Waals surface area contributed by atoms with E-state index >= 15 is 0 Å². The Balaban J connectivity index is 2.11. The summed E-state index contributed by atoms with van der Waals surface area (Å²) in [7, 11) is 0. The maximum absolute atomic E-state index is 11.7. The van der Waals surface area contributed by atoms with Crippen LogP contribution in [-0.2, 0) is 11.3 Å². The maximum atomic E-state index is 11.7. The van der Waals surface area contributed by atoms with E-state index in [9.17, 15) is 4.79 Å². The van der Waals surface area contributed by atoms with Gasteiger partial charge in [-0.15, -0.1) is 0 Å². The molecule has 0 radical (unpaired) electrons. The van der Waals surface area contributed by atoms with Crippen LogP contribution in [0, 0.1) is 13.8 Å². The Hall–Kier alpha value is -2.49. The van der Waals surface area contributed by atoms with Crippen LogP contribution in [0.25, 0.3) is 11.1 Å². The molecule has 128 valence electrons. The van der Waals surface area contributed by atoms with Crippen LogP contribution in [0.5, 0.6) is 0 Å². The molecular formula is C20H26N2O2. The van der Waals surface area contributed by atoms with Crippen molar-refractivity contribution in [3.05, 3.63) is 53.1 Å². The number of ether oxygens (including phenoxy) is 1. The zero-order chi connectivity index (χ0) is 17.9. The Kier molecular flexibility index (Phi) is 5.17. The summed E-state index contributed by atoms with van der Waals surface area (Å²) in [5, 5.41) is 2.74. The minimum absolute atomic E-state index is 0.381. The zero-order valence-electron chi connectivity index (χ0n) is 15.1. The van der Waals surface area contributed by atoms with E-state index in [0.29, 0.717) is 12.2 Å². The molecule has 0 aliphatic rings. The van der Waals surface area contributed by atoms with E-state index in [0.717, 1.165) is 16.7 Å². The number of aryl methyl sites for hydroxylation is 2. The van der Waals surface area contributed by atoms with Crippen LogP contribution in [-0.4, -0.2) is 11.7 Å². The molecule has 1 amide bonds. The van der Waals surface area contributed by atoms with Gasteiger partial charge in [-0.05, 0) is 57.4 Å². The van der Waals surface area contributed by atoms with Crippen molar-refractivity contribution in [3.63, 3.8) is 0 Å². The fraction of sp³-hybridized carbons (Fsp3) is 0.350. The van der Waals surface area contributed by atoms with Gasteiger partial charge in [0.15, 0.2) is 0 Å². The first-order valence-electron chi connectivity index (χ1n) is 8.08. The van der Waals surface area contributed by atoms with Gasteiger partial charge in [0.05, 0.1) is 0 Å². The number of nitrogen functional groups attached to an aromatic ring is 1. The van der Waals surface area contributed by atoms with Crippen molar-refractivity contribution < 1.29 is 9.53 Å². The molecule has 2 aromatic rings. The number of benzene rings is 2. The number of alkyl carbamates (subject to hydrolysis) is 1. The van der Waals surface area contributed by atoms with Crippen LogP contribution < -0.4 is 11.1 Å². The van der Waals surface area contributed by atoms with Gasteiger partial charge in [-0.2, -0.15) is 0 Å². The van der Waals surface area contributed by atoms with Crippen LogP contribution >= 0.6 is 0 Å². The van der Waals surface area contributed by atoms with Gasteiger partial charge in [-0.1, -0.05) is 35.9 Å². The second-order valence-electron chi connectivity index (χ2n) is 7.10. The van der Waals surface area contributed by atoms with E-state index in [4.69, 9.17) is 10.5 Å². The summed E-state index contributed by atoms with van der Waals surface area (Å²) in [4.78, 5) is 11.7. The van der Waals surface area contributed by atoms with Crippen molar-refractivity contribution in [2.75, 3.05) is 5.73 Å². The van der Waals surface area contributed by atoms with Crippen LogP contribution in [0.1, 0.15) is 37.5 Å². The monoisotopic (exact) mass is 326 g/mol. The van der Waals surface area contributed by atoms with Gasteiger partial charge >= 0.3 is 6.09 Å². The molecule has 0 aliphatic heterocycles. The lowest BCUT2D eigenvalue weighted by atomic mass is 9.96.